The van der Waals surface area contributed by atoms with Gasteiger partial charge in [0.15, 0.2) is 4.96 Å². The van der Waals surface area contributed by atoms with Crippen molar-refractivity contribution < 1.29 is 4.74 Å². The van der Waals surface area contributed by atoms with Crippen molar-refractivity contribution in [2.45, 2.75) is 6.61 Å². The van der Waals surface area contributed by atoms with Crippen molar-refractivity contribution in [1.82, 2.24) is 9.38 Å². The lowest BCUT2D eigenvalue weighted by molar-refractivity contribution is 0.306. The predicted octanol–water partition coefficient (Wildman–Crippen LogP) is 5.34. The van der Waals surface area contributed by atoms with Crippen LogP contribution in [0.2, 0.25) is 10.0 Å². The maximum atomic E-state index is 12.9. The van der Waals surface area contributed by atoms with Gasteiger partial charge in [-0.1, -0.05) is 70.9 Å². The number of aromatic nitrogens is 2. The molecule has 2 heterocycles. The molecule has 0 saturated carbocycles. The van der Waals surface area contributed by atoms with Crippen LogP contribution in [0, 0.1) is 0 Å². The second-order valence-corrected chi connectivity index (χ2v) is 8.53. The first kappa shape index (κ1) is 19.1. The third kappa shape index (κ3) is 3.45. The molecule has 0 unspecified atom stereocenters. The molecule has 4 nitrogen and oxygen atoms in total. The van der Waals surface area contributed by atoms with E-state index in [1.54, 1.807) is 16.5 Å². The molecule has 0 aliphatic heterocycles. The molecular weight excluding hydrogens is 439 g/mol. The van der Waals surface area contributed by atoms with E-state index < -0.39 is 0 Å². The van der Waals surface area contributed by atoms with E-state index in [2.05, 4.69) is 4.98 Å². The maximum absolute atomic E-state index is 12.9. The molecule has 148 valence electrons. The van der Waals surface area contributed by atoms with Gasteiger partial charge in [-0.05, 0) is 42.0 Å². The lowest BCUT2D eigenvalue weighted by Crippen LogP contribution is -2.22. The van der Waals surface area contributed by atoms with Crippen LogP contribution in [0.4, 0.5) is 0 Å². The molecule has 0 aliphatic rings. The molecule has 0 atom stereocenters. The Balaban J connectivity index is 1.46. The summed E-state index contributed by atoms with van der Waals surface area (Å²) in [4.78, 5) is 18.1. The molecule has 30 heavy (non-hydrogen) atoms. The summed E-state index contributed by atoms with van der Waals surface area (Å²) in [5.41, 5.74) is 3.25. The van der Waals surface area contributed by atoms with E-state index in [-0.39, 0.29) is 5.56 Å². The number of thiazole rings is 1. The number of halogens is 2. The molecule has 0 spiro atoms. The second-order valence-electron chi connectivity index (χ2n) is 6.70. The molecule has 0 fully saturated rings. The Labute approximate surface area is 185 Å². The van der Waals surface area contributed by atoms with Gasteiger partial charge in [-0.15, -0.1) is 0 Å². The molecule has 0 radical (unpaired) electrons. The van der Waals surface area contributed by atoms with Crippen molar-refractivity contribution >= 4 is 56.6 Å². The quantitative estimate of drug-likeness (QED) is 0.369. The van der Waals surface area contributed by atoms with E-state index >= 15 is 0 Å². The fraction of sp³-hybridized carbons (Fsp3) is 0.0435. The molecule has 5 aromatic rings. The molecule has 0 saturated heterocycles. The third-order valence-electron chi connectivity index (χ3n) is 4.74. The van der Waals surface area contributed by atoms with Crippen LogP contribution in [0.15, 0.2) is 71.5 Å². The van der Waals surface area contributed by atoms with Crippen LogP contribution in [0.5, 0.6) is 5.75 Å². The van der Waals surface area contributed by atoms with Gasteiger partial charge in [0.25, 0.3) is 5.56 Å². The van der Waals surface area contributed by atoms with E-state index in [0.717, 1.165) is 22.2 Å². The average molecular weight is 453 g/mol. The minimum absolute atomic E-state index is 0.0844. The van der Waals surface area contributed by atoms with Crippen molar-refractivity contribution in [3.8, 4) is 5.75 Å². The largest absolute Gasteiger partial charge is 0.487 e. The first-order valence-electron chi connectivity index (χ1n) is 9.17. The summed E-state index contributed by atoms with van der Waals surface area (Å²) in [6, 6.07) is 20.6. The van der Waals surface area contributed by atoms with Crippen molar-refractivity contribution in [2.24, 2.45) is 0 Å². The maximum Gasteiger partial charge on any atom is 0.274 e. The minimum Gasteiger partial charge on any atom is -0.487 e. The minimum atomic E-state index is -0.0844. The Morgan fingerprint density at radius 2 is 1.80 bits per heavy atom. The summed E-state index contributed by atoms with van der Waals surface area (Å²) in [5, 5.41) is 1.12. The van der Waals surface area contributed by atoms with E-state index in [9.17, 15) is 4.79 Å². The van der Waals surface area contributed by atoms with Crippen LogP contribution < -0.4 is 14.8 Å². The van der Waals surface area contributed by atoms with Crippen molar-refractivity contribution in [1.29, 1.82) is 0 Å². The van der Waals surface area contributed by atoms with Crippen molar-refractivity contribution in [3.05, 3.63) is 103 Å². The van der Waals surface area contributed by atoms with Gasteiger partial charge in [0.05, 0.1) is 20.6 Å². The number of benzene rings is 3. The second kappa shape index (κ2) is 7.76. The van der Waals surface area contributed by atoms with E-state index in [4.69, 9.17) is 27.9 Å². The number of imidazole rings is 1. The highest BCUT2D eigenvalue weighted by molar-refractivity contribution is 7.15. The first-order valence-corrected chi connectivity index (χ1v) is 10.7. The highest BCUT2D eigenvalue weighted by atomic mass is 35.5. The smallest absolute Gasteiger partial charge is 0.274 e. The summed E-state index contributed by atoms with van der Waals surface area (Å²) >= 11 is 13.9. The topological polar surface area (TPSA) is 43.6 Å². The Kier molecular flexibility index (Phi) is 4.95. The van der Waals surface area contributed by atoms with Crippen molar-refractivity contribution in [2.75, 3.05) is 0 Å². The Morgan fingerprint density at radius 1 is 1.00 bits per heavy atom. The lowest BCUT2D eigenvalue weighted by Gasteiger charge is -2.09. The van der Waals surface area contributed by atoms with Crippen LogP contribution in [0.25, 0.3) is 22.1 Å². The zero-order chi connectivity index (χ0) is 20.7. The Hall–Kier alpha value is -2.86. The monoisotopic (exact) mass is 452 g/mol. The summed E-state index contributed by atoms with van der Waals surface area (Å²) < 4.78 is 8.06. The molecule has 0 N–H and O–H groups in total. The van der Waals surface area contributed by atoms with E-state index in [0.29, 0.717) is 31.9 Å². The standard InChI is InChI=1S/C23H14Cl2N2O2S/c24-16-6-2-1-5-15(16)13-29-20-10-9-14(11-17(20)25)12-21-22(28)27-19-8-4-3-7-18(19)26-23(27)30-21/h1-12H,13H2/b21-12-. The summed E-state index contributed by atoms with van der Waals surface area (Å²) in [7, 11) is 0. The molecule has 0 bridgehead atoms. The normalized spacial score (nSPS) is 12.1. The summed E-state index contributed by atoms with van der Waals surface area (Å²) in [5.74, 6) is 0.558. The zero-order valence-corrected chi connectivity index (χ0v) is 17.8. The van der Waals surface area contributed by atoms with Gasteiger partial charge in [0, 0.05) is 10.6 Å². The third-order valence-corrected chi connectivity index (χ3v) is 6.37. The van der Waals surface area contributed by atoms with E-state index in [1.807, 2.05) is 60.7 Å². The number of ether oxygens (including phenoxy) is 1. The van der Waals surface area contributed by atoms with Crippen LogP contribution in [0.1, 0.15) is 11.1 Å². The SMILES string of the molecule is O=c1/c(=C/c2ccc(OCc3ccccc3Cl)c(Cl)c2)sc2nc3ccccc3n12. The molecule has 0 aliphatic carbocycles. The highest BCUT2D eigenvalue weighted by Gasteiger charge is 2.11. The van der Waals surface area contributed by atoms with Crippen LogP contribution >= 0.6 is 34.5 Å². The van der Waals surface area contributed by atoms with Gasteiger partial charge < -0.3 is 4.74 Å². The molecule has 5 rings (SSSR count). The molecule has 7 heteroatoms. The number of rotatable bonds is 4. The summed E-state index contributed by atoms with van der Waals surface area (Å²) in [6.07, 6.45) is 1.82. The Bertz CT molecular complexity index is 1510. The lowest BCUT2D eigenvalue weighted by atomic mass is 10.2. The zero-order valence-electron chi connectivity index (χ0n) is 15.5. The van der Waals surface area contributed by atoms with Gasteiger partial charge in [-0.2, -0.15) is 0 Å². The van der Waals surface area contributed by atoms with Crippen LogP contribution in [-0.4, -0.2) is 9.38 Å². The van der Waals surface area contributed by atoms with Gasteiger partial charge in [-0.3, -0.25) is 4.79 Å². The number of fused-ring (bicyclic) bond motifs is 3. The molecular formula is C23H14Cl2N2O2S. The fourth-order valence-corrected chi connectivity index (χ4v) is 4.68. The van der Waals surface area contributed by atoms with Gasteiger partial charge in [0.2, 0.25) is 0 Å². The Morgan fingerprint density at radius 3 is 2.63 bits per heavy atom. The predicted molar refractivity (Wildman–Crippen MR) is 123 cm³/mol. The van der Waals surface area contributed by atoms with Crippen LogP contribution in [-0.2, 0) is 6.61 Å². The molecule has 0 amide bonds. The number of nitrogens with zero attached hydrogens (tertiary/aromatic N) is 2. The number of hydrogen-bond donors (Lipinski definition) is 0. The van der Waals surface area contributed by atoms with Gasteiger partial charge in [0.1, 0.15) is 12.4 Å². The summed E-state index contributed by atoms with van der Waals surface area (Å²) in [6.45, 7) is 0.322. The molecule has 3 aromatic carbocycles. The van der Waals surface area contributed by atoms with Gasteiger partial charge in [-0.25, -0.2) is 9.38 Å². The highest BCUT2D eigenvalue weighted by Crippen LogP contribution is 2.27. The average Bonchev–Trinajstić information content (AvgIpc) is 3.25. The number of hydrogen-bond acceptors (Lipinski definition) is 4. The first-order chi connectivity index (χ1) is 14.6. The number of para-hydroxylation sites is 2. The van der Waals surface area contributed by atoms with Crippen LogP contribution in [0.3, 0.4) is 0 Å². The van der Waals surface area contributed by atoms with E-state index in [1.165, 1.54) is 11.3 Å². The van der Waals surface area contributed by atoms with Gasteiger partial charge >= 0.3 is 0 Å². The fourth-order valence-electron chi connectivity index (χ4n) is 3.26. The molecule has 2 aromatic heterocycles. The van der Waals surface area contributed by atoms with Crippen molar-refractivity contribution in [3.63, 3.8) is 0 Å².